The predicted molar refractivity (Wildman–Crippen MR) is 81.9 cm³/mol. The second-order valence-electron chi connectivity index (χ2n) is 4.66. The molecule has 0 aliphatic heterocycles. The monoisotopic (exact) mass is 300 g/mol. The van der Waals surface area contributed by atoms with E-state index in [0.29, 0.717) is 17.7 Å². The molecule has 1 aromatic heterocycles. The summed E-state index contributed by atoms with van der Waals surface area (Å²) in [6.45, 7) is 2.03. The van der Waals surface area contributed by atoms with Crippen molar-refractivity contribution in [2.24, 2.45) is 0 Å². The summed E-state index contributed by atoms with van der Waals surface area (Å²) in [7, 11) is 0. The molecule has 0 radical (unpaired) electrons. The number of carbonyl (C=O) groups is 1. The molecule has 0 aliphatic carbocycles. The number of aryl methyl sites for hydroxylation is 1. The largest absolute Gasteiger partial charge is 0.458 e. The first kappa shape index (κ1) is 15.5. The van der Waals surface area contributed by atoms with E-state index in [-0.39, 0.29) is 12.2 Å². The molecule has 1 aromatic carbocycles. The zero-order valence-electron chi connectivity index (χ0n) is 12.1. The standard InChI is InChI=1S/C16H16N2O4/c1-12-11-18(16(21)17-14(12)19)9-5-6-10-22-15(20)13-7-3-2-4-8-13/h2-8,11H,9-10H2,1H3,(H,17,19,21)/b6-5+. The van der Waals surface area contributed by atoms with Gasteiger partial charge in [0.1, 0.15) is 6.61 Å². The Bertz CT molecular complexity index is 788. The minimum atomic E-state index is -0.471. The zero-order valence-corrected chi connectivity index (χ0v) is 12.1. The molecule has 0 aliphatic rings. The molecule has 114 valence electrons. The fraction of sp³-hybridized carbons (Fsp3) is 0.188. The number of hydrogen-bond donors (Lipinski definition) is 1. The summed E-state index contributed by atoms with van der Waals surface area (Å²) in [6.07, 6.45) is 4.83. The molecule has 0 amide bonds. The molecule has 0 saturated carbocycles. The third kappa shape index (κ3) is 4.05. The highest BCUT2D eigenvalue weighted by atomic mass is 16.5. The Morgan fingerprint density at radius 3 is 2.68 bits per heavy atom. The van der Waals surface area contributed by atoms with Crippen molar-refractivity contribution in [2.45, 2.75) is 13.5 Å². The second-order valence-corrected chi connectivity index (χ2v) is 4.66. The minimum Gasteiger partial charge on any atom is -0.458 e. The number of nitrogens with zero attached hydrogens (tertiary/aromatic N) is 1. The van der Waals surface area contributed by atoms with Crippen molar-refractivity contribution >= 4 is 5.97 Å². The molecule has 0 saturated heterocycles. The number of carbonyl (C=O) groups excluding carboxylic acids is 1. The van der Waals surface area contributed by atoms with Gasteiger partial charge in [0.15, 0.2) is 0 Å². The van der Waals surface area contributed by atoms with E-state index in [4.69, 9.17) is 4.74 Å². The molecule has 0 unspecified atom stereocenters. The van der Waals surface area contributed by atoms with Crippen LogP contribution in [0.5, 0.6) is 0 Å². The number of esters is 1. The summed E-state index contributed by atoms with van der Waals surface area (Å²) < 4.78 is 6.44. The second kappa shape index (κ2) is 7.21. The summed E-state index contributed by atoms with van der Waals surface area (Å²) in [5, 5.41) is 0. The van der Waals surface area contributed by atoms with Gasteiger partial charge in [-0.3, -0.25) is 14.3 Å². The molecular formula is C16H16N2O4. The van der Waals surface area contributed by atoms with E-state index < -0.39 is 11.7 Å². The van der Waals surface area contributed by atoms with Crippen molar-refractivity contribution in [3.63, 3.8) is 0 Å². The lowest BCUT2D eigenvalue weighted by Gasteiger charge is -2.03. The third-order valence-corrected chi connectivity index (χ3v) is 2.98. The maximum Gasteiger partial charge on any atom is 0.338 e. The Kier molecular flexibility index (Phi) is 5.08. The predicted octanol–water partition coefficient (Wildman–Crippen LogP) is 1.26. The molecule has 2 aromatic rings. The number of hydrogen-bond acceptors (Lipinski definition) is 4. The zero-order chi connectivity index (χ0) is 15.9. The SMILES string of the molecule is Cc1cn(C/C=C/COC(=O)c2ccccc2)c(=O)[nH]c1=O. The number of aromatic amines is 1. The van der Waals surface area contributed by atoms with Crippen LogP contribution < -0.4 is 11.2 Å². The highest BCUT2D eigenvalue weighted by Gasteiger charge is 2.03. The Labute approximate surface area is 126 Å². The van der Waals surface area contributed by atoms with Crippen LogP contribution in [0.4, 0.5) is 0 Å². The minimum absolute atomic E-state index is 0.116. The van der Waals surface area contributed by atoms with Crippen LogP contribution in [0.15, 0.2) is 58.3 Å². The lowest BCUT2D eigenvalue weighted by molar-refractivity contribution is 0.0549. The Hall–Kier alpha value is -2.89. The third-order valence-electron chi connectivity index (χ3n) is 2.98. The normalized spacial score (nSPS) is 10.8. The van der Waals surface area contributed by atoms with Crippen LogP contribution in [-0.4, -0.2) is 22.1 Å². The van der Waals surface area contributed by atoms with Crippen molar-refractivity contribution in [2.75, 3.05) is 6.61 Å². The molecule has 2 rings (SSSR count). The highest BCUT2D eigenvalue weighted by Crippen LogP contribution is 2.00. The van der Waals surface area contributed by atoms with Crippen LogP contribution in [0.2, 0.25) is 0 Å². The first-order valence-corrected chi connectivity index (χ1v) is 6.75. The van der Waals surface area contributed by atoms with Crippen LogP contribution in [0.1, 0.15) is 15.9 Å². The van der Waals surface area contributed by atoms with E-state index in [2.05, 4.69) is 4.98 Å². The molecular weight excluding hydrogens is 284 g/mol. The van der Waals surface area contributed by atoms with Crippen LogP contribution >= 0.6 is 0 Å². The molecule has 6 heteroatoms. The molecule has 0 fully saturated rings. The van der Waals surface area contributed by atoms with Crippen molar-refractivity contribution in [3.05, 3.63) is 80.6 Å². The lowest BCUT2D eigenvalue weighted by atomic mass is 10.2. The lowest BCUT2D eigenvalue weighted by Crippen LogP contribution is -2.30. The van der Waals surface area contributed by atoms with E-state index in [1.54, 1.807) is 43.3 Å². The Morgan fingerprint density at radius 2 is 1.95 bits per heavy atom. The number of allylic oxidation sites excluding steroid dienone is 1. The molecule has 1 N–H and O–H groups in total. The number of nitrogens with one attached hydrogen (secondary N) is 1. The number of ether oxygens (including phenoxy) is 1. The first-order chi connectivity index (χ1) is 10.6. The maximum atomic E-state index is 11.7. The molecule has 22 heavy (non-hydrogen) atoms. The Balaban J connectivity index is 1.87. The fourth-order valence-corrected chi connectivity index (χ4v) is 1.79. The molecule has 1 heterocycles. The number of aromatic nitrogens is 2. The highest BCUT2D eigenvalue weighted by molar-refractivity contribution is 5.89. The van der Waals surface area contributed by atoms with E-state index in [1.807, 2.05) is 6.07 Å². The first-order valence-electron chi connectivity index (χ1n) is 6.75. The summed E-state index contributed by atoms with van der Waals surface area (Å²) in [6, 6.07) is 8.69. The number of H-pyrrole nitrogens is 1. The van der Waals surface area contributed by atoms with Gasteiger partial charge >= 0.3 is 11.7 Å². The Morgan fingerprint density at radius 1 is 1.23 bits per heavy atom. The van der Waals surface area contributed by atoms with Gasteiger partial charge in [-0.15, -0.1) is 0 Å². The van der Waals surface area contributed by atoms with Gasteiger partial charge in [-0.1, -0.05) is 24.3 Å². The van der Waals surface area contributed by atoms with Crippen LogP contribution in [0, 0.1) is 6.92 Å². The van der Waals surface area contributed by atoms with Crippen LogP contribution in [0.3, 0.4) is 0 Å². The van der Waals surface area contributed by atoms with Gasteiger partial charge in [-0.2, -0.15) is 0 Å². The smallest absolute Gasteiger partial charge is 0.338 e. The average molecular weight is 300 g/mol. The number of rotatable bonds is 5. The summed E-state index contributed by atoms with van der Waals surface area (Å²) in [5.41, 5.74) is 0.0930. The van der Waals surface area contributed by atoms with Crippen LogP contribution in [0.25, 0.3) is 0 Å². The van der Waals surface area contributed by atoms with Gasteiger partial charge in [0, 0.05) is 18.3 Å². The van der Waals surface area contributed by atoms with Gasteiger partial charge < -0.3 is 4.74 Å². The average Bonchev–Trinajstić information content (AvgIpc) is 2.52. The van der Waals surface area contributed by atoms with E-state index in [9.17, 15) is 14.4 Å². The fourth-order valence-electron chi connectivity index (χ4n) is 1.79. The molecule has 6 nitrogen and oxygen atoms in total. The van der Waals surface area contributed by atoms with Crippen molar-refractivity contribution < 1.29 is 9.53 Å². The molecule has 0 bridgehead atoms. The summed E-state index contributed by atoms with van der Waals surface area (Å²) in [5.74, 6) is -0.401. The van der Waals surface area contributed by atoms with Crippen molar-refractivity contribution in [3.8, 4) is 0 Å². The molecule has 0 spiro atoms. The molecule has 0 atom stereocenters. The van der Waals surface area contributed by atoms with Crippen LogP contribution in [-0.2, 0) is 11.3 Å². The topological polar surface area (TPSA) is 81.2 Å². The van der Waals surface area contributed by atoms with Crippen molar-refractivity contribution in [1.29, 1.82) is 0 Å². The van der Waals surface area contributed by atoms with Gasteiger partial charge in [0.25, 0.3) is 5.56 Å². The summed E-state index contributed by atoms with van der Waals surface area (Å²) in [4.78, 5) is 36.7. The van der Waals surface area contributed by atoms with Gasteiger partial charge in [-0.05, 0) is 25.1 Å². The van der Waals surface area contributed by atoms with Gasteiger partial charge in [0.05, 0.1) is 5.56 Å². The van der Waals surface area contributed by atoms with E-state index >= 15 is 0 Å². The van der Waals surface area contributed by atoms with E-state index in [1.165, 1.54) is 10.8 Å². The van der Waals surface area contributed by atoms with Gasteiger partial charge in [-0.25, -0.2) is 9.59 Å². The summed E-state index contributed by atoms with van der Waals surface area (Å²) >= 11 is 0. The maximum absolute atomic E-state index is 11.7. The quantitative estimate of drug-likeness (QED) is 0.666. The van der Waals surface area contributed by atoms with Crippen molar-refractivity contribution in [1.82, 2.24) is 9.55 Å². The number of benzene rings is 1. The van der Waals surface area contributed by atoms with Gasteiger partial charge in [0.2, 0.25) is 0 Å². The van der Waals surface area contributed by atoms with E-state index in [0.717, 1.165) is 0 Å².